The molecule has 0 aromatic rings. The number of likely N-dealkylation sites (tertiary alicyclic amines) is 2. The van der Waals surface area contributed by atoms with Crippen LogP contribution < -0.4 is 0 Å². The highest BCUT2D eigenvalue weighted by molar-refractivity contribution is 4.59. The molecule has 0 N–H and O–H groups in total. The van der Waals surface area contributed by atoms with Gasteiger partial charge in [0.1, 0.15) is 0 Å². The van der Waals surface area contributed by atoms with Crippen molar-refractivity contribution in [2.75, 3.05) is 72.5 Å². The molecule has 0 radical (unpaired) electrons. The van der Waals surface area contributed by atoms with E-state index in [1.807, 2.05) is 0 Å². The molecule has 0 aromatic carbocycles. The van der Waals surface area contributed by atoms with Crippen molar-refractivity contribution in [3.63, 3.8) is 0 Å². The van der Waals surface area contributed by atoms with Crippen LogP contribution in [0.2, 0.25) is 0 Å². The molecule has 0 amide bonds. The van der Waals surface area contributed by atoms with Gasteiger partial charge in [0.25, 0.3) is 0 Å². The van der Waals surface area contributed by atoms with Gasteiger partial charge in [0.15, 0.2) is 0 Å². The lowest BCUT2D eigenvalue weighted by Crippen LogP contribution is -2.56. The molecule has 22 heavy (non-hydrogen) atoms. The molecule has 0 unspecified atom stereocenters. The predicted molar refractivity (Wildman–Crippen MR) is 96.0 cm³/mol. The van der Waals surface area contributed by atoms with Crippen LogP contribution in [0.3, 0.4) is 0 Å². The number of likely N-dealkylation sites (N-methyl/N-ethyl adjacent to an activating group) is 3. The Hall–Kier alpha value is -0.120. The molecular weight excluding hydrogens is 270 g/mol. The summed E-state index contributed by atoms with van der Waals surface area (Å²) < 4.78 is 2.77. The van der Waals surface area contributed by atoms with E-state index >= 15 is 0 Å². The summed E-state index contributed by atoms with van der Waals surface area (Å²) in [5, 5.41) is 0. The van der Waals surface area contributed by atoms with Gasteiger partial charge in [0.2, 0.25) is 0 Å². The minimum absolute atomic E-state index is 1.29. The molecule has 2 fully saturated rings. The molecule has 0 spiro atoms. The smallest absolute Gasteiger partial charge is 0.0915 e. The Morgan fingerprint density at radius 1 is 0.636 bits per heavy atom. The average molecular weight is 312 g/mol. The molecule has 0 aromatic heterocycles. The van der Waals surface area contributed by atoms with Crippen molar-refractivity contribution in [1.29, 1.82) is 0 Å². The highest BCUT2D eigenvalue weighted by Crippen LogP contribution is 2.20. The topological polar surface area (TPSA) is 3.24 Å². The van der Waals surface area contributed by atoms with Crippen LogP contribution in [0.4, 0.5) is 0 Å². The molecule has 3 nitrogen and oxygen atoms in total. The van der Waals surface area contributed by atoms with E-state index in [1.165, 1.54) is 113 Å². The van der Waals surface area contributed by atoms with Crippen LogP contribution in [0.5, 0.6) is 0 Å². The standard InChI is InChI=1S/C19H41N3/c1-4-21(14-8-6-9-15-21)18-12-20(3)13-19-22(5-2)16-10-7-11-17-22/h4-19H2,1-3H3/q+2. The summed E-state index contributed by atoms with van der Waals surface area (Å²) in [5.74, 6) is 0. The zero-order valence-corrected chi connectivity index (χ0v) is 15.7. The fourth-order valence-corrected chi connectivity index (χ4v) is 4.64. The predicted octanol–water partition coefficient (Wildman–Crippen LogP) is 2.96. The van der Waals surface area contributed by atoms with E-state index in [-0.39, 0.29) is 0 Å². The zero-order valence-electron chi connectivity index (χ0n) is 15.7. The molecule has 3 heteroatoms. The summed E-state index contributed by atoms with van der Waals surface area (Å²) in [6, 6.07) is 0. The molecule has 2 aliphatic heterocycles. The molecular formula is C19H41N3+2. The third-order valence-electron chi connectivity index (χ3n) is 6.78. The van der Waals surface area contributed by atoms with Crippen LogP contribution >= 0.6 is 0 Å². The van der Waals surface area contributed by atoms with Crippen LogP contribution in [0.25, 0.3) is 0 Å². The first-order valence-electron chi connectivity index (χ1n) is 10.0. The summed E-state index contributed by atoms with van der Waals surface area (Å²) in [5.41, 5.74) is 0. The van der Waals surface area contributed by atoms with Crippen molar-refractivity contribution in [3.05, 3.63) is 0 Å². The Balaban J connectivity index is 1.73. The Labute approximate surface area is 139 Å². The maximum Gasteiger partial charge on any atom is 0.0915 e. The van der Waals surface area contributed by atoms with Crippen molar-refractivity contribution in [2.24, 2.45) is 0 Å². The van der Waals surface area contributed by atoms with Crippen LogP contribution in [0, 0.1) is 0 Å². The molecule has 0 bridgehead atoms. The normalized spacial score (nSPS) is 24.5. The third kappa shape index (κ3) is 4.94. The number of hydrogen-bond donors (Lipinski definition) is 0. The Morgan fingerprint density at radius 3 is 1.32 bits per heavy atom. The summed E-state index contributed by atoms with van der Waals surface area (Å²) in [7, 11) is 2.35. The average Bonchev–Trinajstić information content (AvgIpc) is 2.60. The minimum atomic E-state index is 1.29. The summed E-state index contributed by atoms with van der Waals surface area (Å²) in [6.45, 7) is 18.5. The molecule has 130 valence electrons. The first-order chi connectivity index (χ1) is 10.6. The van der Waals surface area contributed by atoms with Crippen molar-refractivity contribution in [2.45, 2.75) is 52.4 Å². The summed E-state index contributed by atoms with van der Waals surface area (Å²) in [4.78, 5) is 2.62. The highest BCUT2D eigenvalue weighted by Gasteiger charge is 2.30. The van der Waals surface area contributed by atoms with E-state index in [1.54, 1.807) is 0 Å². The Kier molecular flexibility index (Phi) is 7.17. The van der Waals surface area contributed by atoms with Gasteiger partial charge in [-0.05, 0) is 59.4 Å². The third-order valence-corrected chi connectivity index (χ3v) is 6.78. The second-order valence-electron chi connectivity index (χ2n) is 8.08. The van der Waals surface area contributed by atoms with Gasteiger partial charge >= 0.3 is 0 Å². The van der Waals surface area contributed by atoms with E-state index in [9.17, 15) is 0 Å². The van der Waals surface area contributed by atoms with Gasteiger partial charge in [-0.1, -0.05) is 0 Å². The van der Waals surface area contributed by atoms with Gasteiger partial charge in [-0.25, -0.2) is 0 Å². The van der Waals surface area contributed by atoms with Gasteiger partial charge in [0, 0.05) is 13.1 Å². The molecule has 2 rings (SSSR count). The quantitative estimate of drug-likeness (QED) is 0.623. The fraction of sp³-hybridized carbons (Fsp3) is 1.00. The number of quaternary nitrogens is 2. The summed E-state index contributed by atoms with van der Waals surface area (Å²) in [6.07, 6.45) is 8.74. The molecule has 2 aliphatic rings. The van der Waals surface area contributed by atoms with Crippen LogP contribution in [-0.4, -0.2) is 86.4 Å². The molecule has 0 aliphatic carbocycles. The Morgan fingerprint density at radius 2 is 1.00 bits per heavy atom. The van der Waals surface area contributed by atoms with E-state index in [2.05, 4.69) is 25.8 Å². The fourth-order valence-electron chi connectivity index (χ4n) is 4.64. The van der Waals surface area contributed by atoms with Gasteiger partial charge in [-0.2, -0.15) is 0 Å². The number of piperidine rings is 2. The van der Waals surface area contributed by atoms with Gasteiger partial charge in [-0.3, -0.25) is 4.90 Å². The molecule has 0 atom stereocenters. The first kappa shape index (κ1) is 18.2. The molecule has 2 saturated heterocycles. The van der Waals surface area contributed by atoms with Crippen molar-refractivity contribution < 1.29 is 8.97 Å². The van der Waals surface area contributed by atoms with Gasteiger partial charge in [0.05, 0.1) is 52.4 Å². The lowest BCUT2D eigenvalue weighted by atomic mass is 10.1. The van der Waals surface area contributed by atoms with E-state index in [0.717, 1.165) is 0 Å². The SMILES string of the molecule is CC[N+]1(CCN(C)CC[N+]2(CC)CCCCC2)CCCCC1. The second kappa shape index (κ2) is 8.65. The van der Waals surface area contributed by atoms with Crippen molar-refractivity contribution >= 4 is 0 Å². The highest BCUT2D eigenvalue weighted by atomic mass is 15.4. The zero-order chi connectivity index (χ0) is 15.9. The van der Waals surface area contributed by atoms with Crippen molar-refractivity contribution in [3.8, 4) is 0 Å². The first-order valence-corrected chi connectivity index (χ1v) is 10.0. The van der Waals surface area contributed by atoms with Crippen LogP contribution in [0.1, 0.15) is 52.4 Å². The lowest BCUT2D eigenvalue weighted by Gasteiger charge is -2.43. The van der Waals surface area contributed by atoms with E-state index in [0.29, 0.717) is 0 Å². The second-order valence-corrected chi connectivity index (χ2v) is 8.08. The number of rotatable bonds is 8. The minimum Gasteiger partial charge on any atom is -0.323 e. The van der Waals surface area contributed by atoms with Gasteiger partial charge < -0.3 is 8.97 Å². The largest absolute Gasteiger partial charge is 0.323 e. The number of hydrogen-bond acceptors (Lipinski definition) is 1. The lowest BCUT2D eigenvalue weighted by molar-refractivity contribution is -0.932. The van der Waals surface area contributed by atoms with E-state index < -0.39 is 0 Å². The molecule has 2 heterocycles. The maximum atomic E-state index is 2.62. The monoisotopic (exact) mass is 311 g/mol. The Bertz CT molecular complexity index is 274. The van der Waals surface area contributed by atoms with Crippen molar-refractivity contribution in [1.82, 2.24) is 4.90 Å². The molecule has 0 saturated carbocycles. The van der Waals surface area contributed by atoms with Gasteiger partial charge in [-0.15, -0.1) is 0 Å². The maximum absolute atomic E-state index is 2.62. The van der Waals surface area contributed by atoms with E-state index in [4.69, 9.17) is 0 Å². The van der Waals surface area contributed by atoms with Crippen LogP contribution in [-0.2, 0) is 0 Å². The summed E-state index contributed by atoms with van der Waals surface area (Å²) >= 11 is 0. The number of nitrogens with zero attached hydrogens (tertiary/aromatic N) is 3. The van der Waals surface area contributed by atoms with Crippen LogP contribution in [0.15, 0.2) is 0 Å².